The van der Waals surface area contributed by atoms with Gasteiger partial charge in [0.15, 0.2) is 0 Å². The maximum atomic E-state index is 4.48. The Morgan fingerprint density at radius 2 is 1.48 bits per heavy atom. The first-order valence-electron chi connectivity index (χ1n) is 10.2. The van der Waals surface area contributed by atoms with Crippen LogP contribution in [0.4, 0.5) is 0 Å². The Morgan fingerprint density at radius 1 is 0.800 bits per heavy atom. The maximum Gasteiger partial charge on any atom is 0.0929 e. The average Bonchev–Trinajstić information content (AvgIpc) is 2.68. The van der Waals surface area contributed by atoms with Crippen molar-refractivity contribution >= 4 is 0 Å². The quantitative estimate of drug-likeness (QED) is 0.597. The molecule has 0 amide bonds. The fourth-order valence-electron chi connectivity index (χ4n) is 4.13. The molecule has 1 aromatic heterocycles. The van der Waals surface area contributed by atoms with E-state index in [0.29, 0.717) is 0 Å². The Hall–Kier alpha value is -1.70. The van der Waals surface area contributed by atoms with Crippen LogP contribution < -0.4 is 0 Å². The molecule has 1 aromatic carbocycles. The van der Waals surface area contributed by atoms with Gasteiger partial charge in [-0.1, -0.05) is 76.6 Å². The van der Waals surface area contributed by atoms with Crippen molar-refractivity contribution in [2.45, 2.75) is 71.6 Å². The molecule has 1 heterocycles. The summed E-state index contributed by atoms with van der Waals surface area (Å²) in [5, 5.41) is 8.93. The molecule has 2 nitrogen and oxygen atoms in total. The summed E-state index contributed by atoms with van der Waals surface area (Å²) >= 11 is 0. The maximum absolute atomic E-state index is 4.48. The summed E-state index contributed by atoms with van der Waals surface area (Å²) in [7, 11) is 0. The van der Waals surface area contributed by atoms with Gasteiger partial charge in [0.2, 0.25) is 0 Å². The minimum atomic E-state index is 0.899. The van der Waals surface area contributed by atoms with Gasteiger partial charge in [-0.05, 0) is 48.8 Å². The number of hydrogen-bond acceptors (Lipinski definition) is 2. The lowest BCUT2D eigenvalue weighted by atomic mass is 9.78. The first kappa shape index (κ1) is 18.1. The van der Waals surface area contributed by atoms with Crippen molar-refractivity contribution < 1.29 is 0 Å². The summed E-state index contributed by atoms with van der Waals surface area (Å²) in [5.41, 5.74) is 4.64. The predicted molar refractivity (Wildman–Crippen MR) is 106 cm³/mol. The van der Waals surface area contributed by atoms with Crippen LogP contribution in [0.15, 0.2) is 36.4 Å². The molecule has 1 fully saturated rings. The van der Waals surface area contributed by atoms with Gasteiger partial charge in [-0.3, -0.25) is 0 Å². The van der Waals surface area contributed by atoms with E-state index < -0.39 is 0 Å². The monoisotopic (exact) mass is 336 g/mol. The molecule has 3 rings (SSSR count). The fraction of sp³-hybridized carbons (Fsp3) is 0.565. The molecule has 0 atom stereocenters. The van der Waals surface area contributed by atoms with Gasteiger partial charge in [-0.15, -0.1) is 0 Å². The highest BCUT2D eigenvalue weighted by Gasteiger charge is 2.20. The van der Waals surface area contributed by atoms with Gasteiger partial charge in [0.25, 0.3) is 0 Å². The molecule has 0 spiro atoms. The van der Waals surface area contributed by atoms with Crippen molar-refractivity contribution in [1.82, 2.24) is 10.2 Å². The van der Waals surface area contributed by atoms with E-state index in [1.54, 1.807) is 0 Å². The molecule has 0 bridgehead atoms. The molecule has 25 heavy (non-hydrogen) atoms. The number of aromatic nitrogens is 2. The van der Waals surface area contributed by atoms with Crippen LogP contribution in [0, 0.1) is 11.8 Å². The molecule has 134 valence electrons. The van der Waals surface area contributed by atoms with Crippen LogP contribution in [-0.4, -0.2) is 10.2 Å². The third kappa shape index (κ3) is 5.14. The van der Waals surface area contributed by atoms with Gasteiger partial charge in [0.05, 0.1) is 11.4 Å². The Kier molecular flexibility index (Phi) is 6.61. The zero-order chi connectivity index (χ0) is 17.5. The van der Waals surface area contributed by atoms with Crippen LogP contribution in [-0.2, 0) is 12.8 Å². The first-order valence-corrected chi connectivity index (χ1v) is 10.2. The Labute approximate surface area is 153 Å². The van der Waals surface area contributed by atoms with Crippen LogP contribution in [0.25, 0.3) is 11.3 Å². The van der Waals surface area contributed by atoms with E-state index >= 15 is 0 Å². The van der Waals surface area contributed by atoms with Crippen molar-refractivity contribution in [2.24, 2.45) is 11.8 Å². The van der Waals surface area contributed by atoms with Crippen LogP contribution in [0.3, 0.4) is 0 Å². The lowest BCUT2D eigenvalue weighted by Crippen LogP contribution is -2.15. The summed E-state index contributed by atoms with van der Waals surface area (Å²) in [4.78, 5) is 0. The molecule has 1 aliphatic carbocycles. The second-order valence-electron chi connectivity index (χ2n) is 7.67. The molecule has 2 aromatic rings. The summed E-state index contributed by atoms with van der Waals surface area (Å²) in [6.07, 6.45) is 11.9. The SMILES string of the molecule is CCCC1CCC(CCc2ccc(-c3ccc(CC)cc3)nn2)CC1. The molecule has 0 aliphatic heterocycles. The predicted octanol–water partition coefficient (Wildman–Crippen LogP) is 6.25. The van der Waals surface area contributed by atoms with Crippen molar-refractivity contribution in [1.29, 1.82) is 0 Å². The van der Waals surface area contributed by atoms with Crippen LogP contribution in [0.2, 0.25) is 0 Å². The molecular weight excluding hydrogens is 304 g/mol. The third-order valence-electron chi connectivity index (χ3n) is 5.85. The van der Waals surface area contributed by atoms with E-state index in [4.69, 9.17) is 0 Å². The second kappa shape index (κ2) is 9.12. The molecule has 2 heteroatoms. The van der Waals surface area contributed by atoms with Crippen LogP contribution in [0.5, 0.6) is 0 Å². The number of nitrogens with zero attached hydrogens (tertiary/aromatic N) is 2. The molecule has 0 N–H and O–H groups in total. The molecule has 0 unspecified atom stereocenters. The fourth-order valence-corrected chi connectivity index (χ4v) is 4.13. The second-order valence-corrected chi connectivity index (χ2v) is 7.67. The van der Waals surface area contributed by atoms with Crippen LogP contribution in [0.1, 0.15) is 70.1 Å². The molecule has 1 aliphatic rings. The van der Waals surface area contributed by atoms with Gasteiger partial charge in [0.1, 0.15) is 0 Å². The molecular formula is C23H32N2. The van der Waals surface area contributed by atoms with Gasteiger partial charge < -0.3 is 0 Å². The molecule has 0 radical (unpaired) electrons. The third-order valence-corrected chi connectivity index (χ3v) is 5.85. The van der Waals surface area contributed by atoms with Gasteiger partial charge in [0, 0.05) is 5.56 Å². The molecule has 0 saturated heterocycles. The zero-order valence-electron chi connectivity index (χ0n) is 15.9. The van der Waals surface area contributed by atoms with E-state index in [1.165, 1.54) is 50.5 Å². The first-order chi connectivity index (χ1) is 12.3. The van der Waals surface area contributed by atoms with Crippen molar-refractivity contribution in [3.05, 3.63) is 47.7 Å². The summed E-state index contributed by atoms with van der Waals surface area (Å²) in [6, 6.07) is 13.0. The van der Waals surface area contributed by atoms with Gasteiger partial charge in [-0.2, -0.15) is 10.2 Å². The highest BCUT2D eigenvalue weighted by molar-refractivity contribution is 5.58. The minimum absolute atomic E-state index is 0.899. The van der Waals surface area contributed by atoms with Gasteiger partial charge in [-0.25, -0.2) is 0 Å². The minimum Gasteiger partial charge on any atom is -0.155 e. The Morgan fingerprint density at radius 3 is 2.04 bits per heavy atom. The number of aryl methyl sites for hydroxylation is 2. The normalized spacial score (nSPS) is 20.6. The topological polar surface area (TPSA) is 25.8 Å². The summed E-state index contributed by atoms with van der Waals surface area (Å²) < 4.78 is 0. The number of rotatable bonds is 7. The number of hydrogen-bond donors (Lipinski definition) is 0. The number of benzene rings is 1. The standard InChI is InChI=1S/C23H32N2/c1-3-5-19-6-8-20(9-7-19)12-15-22-16-17-23(25-24-22)21-13-10-18(4-2)11-14-21/h10-11,13-14,16-17,19-20H,3-9,12,15H2,1-2H3. The lowest BCUT2D eigenvalue weighted by molar-refractivity contribution is 0.252. The zero-order valence-corrected chi connectivity index (χ0v) is 15.9. The summed E-state index contributed by atoms with van der Waals surface area (Å²) in [5.74, 6) is 1.90. The van der Waals surface area contributed by atoms with Crippen molar-refractivity contribution in [2.75, 3.05) is 0 Å². The largest absolute Gasteiger partial charge is 0.155 e. The smallest absolute Gasteiger partial charge is 0.0929 e. The Balaban J connectivity index is 1.49. The Bertz CT molecular complexity index is 622. The highest BCUT2D eigenvalue weighted by Crippen LogP contribution is 2.33. The van der Waals surface area contributed by atoms with E-state index in [2.05, 4.69) is 60.4 Å². The van der Waals surface area contributed by atoms with E-state index in [1.807, 2.05) is 0 Å². The van der Waals surface area contributed by atoms with Crippen LogP contribution >= 0.6 is 0 Å². The molecule has 1 saturated carbocycles. The highest BCUT2D eigenvalue weighted by atomic mass is 15.1. The summed E-state index contributed by atoms with van der Waals surface area (Å²) in [6.45, 7) is 4.49. The van der Waals surface area contributed by atoms with Crippen molar-refractivity contribution in [3.8, 4) is 11.3 Å². The van der Waals surface area contributed by atoms with E-state index in [-0.39, 0.29) is 0 Å². The van der Waals surface area contributed by atoms with Crippen molar-refractivity contribution in [3.63, 3.8) is 0 Å². The van der Waals surface area contributed by atoms with E-state index in [0.717, 1.165) is 41.6 Å². The van der Waals surface area contributed by atoms with Gasteiger partial charge >= 0.3 is 0 Å². The lowest BCUT2D eigenvalue weighted by Gasteiger charge is -2.28. The average molecular weight is 337 g/mol. The van der Waals surface area contributed by atoms with E-state index in [9.17, 15) is 0 Å².